The molecule has 0 radical (unpaired) electrons. The molecule has 2 N–H and O–H groups in total. The van der Waals surface area contributed by atoms with E-state index in [1.165, 1.54) is 22.5 Å². The molecule has 0 aromatic heterocycles. The minimum absolute atomic E-state index is 0. The maximum atomic E-state index is 13.3. The van der Waals surface area contributed by atoms with E-state index >= 15 is 0 Å². The Morgan fingerprint density at radius 3 is 2.56 bits per heavy atom. The number of phenols is 1. The molecule has 1 heterocycles. The van der Waals surface area contributed by atoms with Gasteiger partial charge in [0.15, 0.2) is 0 Å². The molecule has 1 saturated heterocycles. The number of aliphatic carboxylic acids is 1. The fourth-order valence-corrected chi connectivity index (χ4v) is 5.68. The third-order valence-electron chi connectivity index (χ3n) is 5.48. The van der Waals surface area contributed by atoms with Crippen molar-refractivity contribution in [3.05, 3.63) is 72.1 Å². The molecule has 0 spiro atoms. The van der Waals surface area contributed by atoms with Gasteiger partial charge in [-0.3, -0.25) is 4.79 Å². The monoisotopic (exact) mass is 471 g/mol. The number of hydrogen-bond donors (Lipinski definition) is 2. The van der Waals surface area contributed by atoms with Crippen molar-refractivity contribution in [3.63, 3.8) is 0 Å². The molecule has 1 aliphatic rings. The number of carbonyl (C=O) groups is 1. The van der Waals surface area contributed by atoms with Crippen molar-refractivity contribution in [2.45, 2.75) is 43.0 Å². The van der Waals surface area contributed by atoms with Crippen molar-refractivity contribution in [1.29, 1.82) is 0 Å². The molecule has 6 nitrogen and oxygen atoms in total. The standard InChI is InChI=1S/C23H26FNO5S.Na.H/c24-19-10-12-21(13-11-19)31(29,30)25-15-14-17(6-3-1-2-4-9-22(27)28)23(25)18-7-5-8-20(26)16-18;;/h1,3,5,7-8,10-13,16-17,23,26H,2,4,6,9,14-15H2,(H,27,28);;/q;+1;-1/b3-1-;;/t17-,23+;;/m1../s1. The quantitative estimate of drug-likeness (QED) is 0.329. The van der Waals surface area contributed by atoms with E-state index in [0.717, 1.165) is 12.1 Å². The molecular formula is C23H27FNNaO5S. The molecule has 1 fully saturated rings. The van der Waals surface area contributed by atoms with Crippen molar-refractivity contribution in [2.24, 2.45) is 5.92 Å². The molecule has 2 aromatic carbocycles. The first-order valence-corrected chi connectivity index (χ1v) is 11.7. The first-order chi connectivity index (χ1) is 14.8. The maximum absolute atomic E-state index is 13.3. The number of aromatic hydroxyl groups is 1. The van der Waals surface area contributed by atoms with Gasteiger partial charge >= 0.3 is 35.5 Å². The number of phenolic OH excluding ortho intramolecular Hbond substituents is 1. The van der Waals surface area contributed by atoms with E-state index in [1.807, 2.05) is 12.2 Å². The van der Waals surface area contributed by atoms with Crippen LogP contribution >= 0.6 is 0 Å². The summed E-state index contributed by atoms with van der Waals surface area (Å²) in [6.07, 6.45) is 6.48. The first kappa shape index (κ1) is 26.5. The molecule has 1 aliphatic heterocycles. The van der Waals surface area contributed by atoms with Crippen molar-refractivity contribution in [2.75, 3.05) is 6.54 Å². The minimum Gasteiger partial charge on any atom is -1.00 e. The largest absolute Gasteiger partial charge is 1.00 e. The molecule has 0 bridgehead atoms. The van der Waals surface area contributed by atoms with Crippen LogP contribution in [0.1, 0.15) is 45.1 Å². The number of carboxylic acids is 1. The van der Waals surface area contributed by atoms with E-state index in [-0.39, 0.29) is 54.0 Å². The number of allylic oxidation sites excluding steroid dienone is 2. The Morgan fingerprint density at radius 2 is 1.91 bits per heavy atom. The number of rotatable bonds is 9. The summed E-state index contributed by atoms with van der Waals surface area (Å²) in [4.78, 5) is 10.6. The summed E-state index contributed by atoms with van der Waals surface area (Å²) in [5.41, 5.74) is 0.701. The van der Waals surface area contributed by atoms with Crippen LogP contribution in [0.4, 0.5) is 4.39 Å². The fourth-order valence-electron chi connectivity index (χ4n) is 3.99. The summed E-state index contributed by atoms with van der Waals surface area (Å²) in [6.45, 7) is 0.317. The van der Waals surface area contributed by atoms with Gasteiger partial charge in [0.1, 0.15) is 11.6 Å². The van der Waals surface area contributed by atoms with Crippen molar-refractivity contribution < 1.29 is 58.8 Å². The van der Waals surface area contributed by atoms with Gasteiger partial charge in [-0.05, 0) is 73.6 Å². The topological polar surface area (TPSA) is 94.9 Å². The second-order valence-corrected chi connectivity index (χ2v) is 9.54. The normalized spacial score (nSPS) is 19.2. The van der Waals surface area contributed by atoms with Crippen molar-refractivity contribution in [3.8, 4) is 5.75 Å². The number of nitrogens with zero attached hydrogens (tertiary/aromatic N) is 1. The van der Waals surface area contributed by atoms with E-state index in [9.17, 15) is 22.7 Å². The van der Waals surface area contributed by atoms with Gasteiger partial charge < -0.3 is 11.6 Å². The smallest absolute Gasteiger partial charge is 1.00 e. The molecule has 2 atom stereocenters. The third kappa shape index (κ3) is 6.65. The van der Waals surface area contributed by atoms with Crippen LogP contribution in [-0.2, 0) is 14.8 Å². The third-order valence-corrected chi connectivity index (χ3v) is 7.37. The summed E-state index contributed by atoms with van der Waals surface area (Å²) in [5.74, 6) is -1.27. The summed E-state index contributed by atoms with van der Waals surface area (Å²) >= 11 is 0. The second-order valence-electron chi connectivity index (χ2n) is 7.65. The SMILES string of the molecule is O=C(O)CCC/C=C\C[C@@H]1CCN(S(=O)(=O)c2ccc(F)cc2)[C@@H]1c1cccc(O)c1.[H-].[Na+]. The molecule has 0 saturated carbocycles. The molecule has 2 aromatic rings. The van der Waals surface area contributed by atoms with Crippen LogP contribution in [0.2, 0.25) is 0 Å². The number of benzene rings is 2. The van der Waals surface area contributed by atoms with Gasteiger partial charge in [0, 0.05) is 13.0 Å². The van der Waals surface area contributed by atoms with E-state index in [4.69, 9.17) is 5.11 Å². The van der Waals surface area contributed by atoms with Crippen molar-refractivity contribution >= 4 is 16.0 Å². The van der Waals surface area contributed by atoms with Gasteiger partial charge in [-0.1, -0.05) is 24.3 Å². The van der Waals surface area contributed by atoms with E-state index < -0.39 is 27.9 Å². The number of sulfonamides is 1. The molecule has 32 heavy (non-hydrogen) atoms. The van der Waals surface area contributed by atoms with Gasteiger partial charge in [0.05, 0.1) is 10.9 Å². The summed E-state index contributed by atoms with van der Waals surface area (Å²) in [5, 5.41) is 18.7. The van der Waals surface area contributed by atoms with Crippen LogP contribution < -0.4 is 29.6 Å². The summed E-state index contributed by atoms with van der Waals surface area (Å²) in [6, 6.07) is 10.9. The number of halogens is 1. The molecular weight excluding hydrogens is 444 g/mol. The zero-order valence-corrected chi connectivity index (χ0v) is 20.8. The van der Waals surface area contributed by atoms with Gasteiger partial charge in [-0.15, -0.1) is 0 Å². The van der Waals surface area contributed by atoms with Gasteiger partial charge in [-0.25, -0.2) is 12.8 Å². The predicted molar refractivity (Wildman–Crippen MR) is 116 cm³/mol. The average Bonchev–Trinajstić information content (AvgIpc) is 3.15. The van der Waals surface area contributed by atoms with Crippen LogP contribution in [0, 0.1) is 11.7 Å². The molecule has 0 amide bonds. The maximum Gasteiger partial charge on any atom is 1.00 e. The summed E-state index contributed by atoms with van der Waals surface area (Å²) in [7, 11) is -3.85. The van der Waals surface area contributed by atoms with Crippen LogP contribution in [-0.4, -0.2) is 35.5 Å². The zero-order chi connectivity index (χ0) is 22.4. The van der Waals surface area contributed by atoms with E-state index in [0.29, 0.717) is 37.8 Å². The van der Waals surface area contributed by atoms with Gasteiger partial charge in [0.2, 0.25) is 10.0 Å². The summed E-state index contributed by atoms with van der Waals surface area (Å²) < 4.78 is 41.3. The molecule has 0 unspecified atom stereocenters. The van der Waals surface area contributed by atoms with Crippen LogP contribution in [0.25, 0.3) is 0 Å². The second kappa shape index (κ2) is 12.0. The fraction of sp³-hybridized carbons (Fsp3) is 0.348. The van der Waals surface area contributed by atoms with E-state index in [2.05, 4.69) is 0 Å². The van der Waals surface area contributed by atoms with E-state index in [1.54, 1.807) is 18.2 Å². The minimum atomic E-state index is -3.85. The Kier molecular flexibility index (Phi) is 9.91. The number of hydrogen-bond acceptors (Lipinski definition) is 4. The Labute approximate surface area is 211 Å². The van der Waals surface area contributed by atoms with Gasteiger partial charge in [0.25, 0.3) is 0 Å². The molecule has 168 valence electrons. The number of unbranched alkanes of at least 4 members (excludes halogenated alkanes) is 1. The van der Waals surface area contributed by atoms with Crippen LogP contribution in [0.3, 0.4) is 0 Å². The Balaban J connectivity index is 0.00000272. The Morgan fingerprint density at radius 1 is 1.19 bits per heavy atom. The zero-order valence-electron chi connectivity index (χ0n) is 19.0. The molecule has 9 heteroatoms. The predicted octanol–water partition coefficient (Wildman–Crippen LogP) is 1.60. The molecule has 0 aliphatic carbocycles. The number of carboxylic acid groups (broad SMARTS) is 1. The first-order valence-electron chi connectivity index (χ1n) is 10.2. The van der Waals surface area contributed by atoms with Crippen molar-refractivity contribution in [1.82, 2.24) is 4.31 Å². The van der Waals surface area contributed by atoms with Crippen LogP contribution in [0.15, 0.2) is 65.6 Å². The Hall–Kier alpha value is -1.71. The van der Waals surface area contributed by atoms with Crippen LogP contribution in [0.5, 0.6) is 5.75 Å². The Bertz CT molecular complexity index is 1050. The average molecular weight is 472 g/mol. The van der Waals surface area contributed by atoms with Gasteiger partial charge in [-0.2, -0.15) is 4.31 Å². The molecule has 3 rings (SSSR count).